The Kier molecular flexibility index (Phi) is 3.79. The Hall–Kier alpha value is -2.07. The summed E-state index contributed by atoms with van der Waals surface area (Å²) in [6.07, 6.45) is 1.62. The fourth-order valence-corrected chi connectivity index (χ4v) is 1.55. The number of aliphatic hydroxyl groups excluding tert-OH is 1. The zero-order valence-electron chi connectivity index (χ0n) is 10.5. The first-order valence-corrected chi connectivity index (χ1v) is 5.70. The lowest BCUT2D eigenvalue weighted by Crippen LogP contribution is -2.08. The van der Waals surface area contributed by atoms with E-state index in [1.807, 2.05) is 43.3 Å². The molecule has 0 saturated heterocycles. The normalized spacial score (nSPS) is 10.2. The van der Waals surface area contributed by atoms with Gasteiger partial charge in [0.2, 0.25) is 5.88 Å². The van der Waals surface area contributed by atoms with E-state index < -0.39 is 0 Å². The van der Waals surface area contributed by atoms with Gasteiger partial charge in [0, 0.05) is 38.1 Å². The molecule has 1 N–H and O–H groups in total. The van der Waals surface area contributed by atoms with Crippen molar-refractivity contribution in [2.45, 2.75) is 6.61 Å². The number of aromatic nitrogens is 1. The van der Waals surface area contributed by atoms with Crippen molar-refractivity contribution in [2.24, 2.45) is 0 Å². The third-order valence-corrected chi connectivity index (χ3v) is 2.54. The topological polar surface area (TPSA) is 45.6 Å². The van der Waals surface area contributed by atoms with E-state index in [-0.39, 0.29) is 6.61 Å². The average Bonchev–Trinajstić information content (AvgIpc) is 2.39. The van der Waals surface area contributed by atoms with Crippen LogP contribution in [0.1, 0.15) is 5.56 Å². The van der Waals surface area contributed by atoms with Crippen LogP contribution in [-0.4, -0.2) is 24.2 Å². The van der Waals surface area contributed by atoms with Crippen molar-refractivity contribution in [3.63, 3.8) is 0 Å². The second kappa shape index (κ2) is 5.51. The highest BCUT2D eigenvalue weighted by atomic mass is 16.5. The molecule has 2 rings (SSSR count). The molecular formula is C14H16N2O2. The summed E-state index contributed by atoms with van der Waals surface area (Å²) in [7, 11) is 3.95. The molecule has 0 fully saturated rings. The highest BCUT2D eigenvalue weighted by Gasteiger charge is 2.02. The van der Waals surface area contributed by atoms with Gasteiger partial charge in [0.15, 0.2) is 0 Å². The molecule has 4 heteroatoms. The highest BCUT2D eigenvalue weighted by molar-refractivity contribution is 5.50. The molecule has 94 valence electrons. The van der Waals surface area contributed by atoms with Crippen molar-refractivity contribution in [1.29, 1.82) is 0 Å². The zero-order valence-corrected chi connectivity index (χ0v) is 10.5. The molecule has 0 amide bonds. The van der Waals surface area contributed by atoms with E-state index in [0.29, 0.717) is 5.88 Å². The first-order chi connectivity index (χ1) is 8.69. The number of anilines is 1. The van der Waals surface area contributed by atoms with Gasteiger partial charge in [-0.15, -0.1) is 0 Å². The van der Waals surface area contributed by atoms with Crippen LogP contribution in [0.25, 0.3) is 0 Å². The maximum Gasteiger partial charge on any atom is 0.219 e. The molecule has 0 bridgehead atoms. The summed E-state index contributed by atoms with van der Waals surface area (Å²) >= 11 is 0. The van der Waals surface area contributed by atoms with Crippen LogP contribution < -0.4 is 9.64 Å². The van der Waals surface area contributed by atoms with Crippen LogP contribution in [0.3, 0.4) is 0 Å². The van der Waals surface area contributed by atoms with Gasteiger partial charge >= 0.3 is 0 Å². The number of hydrogen-bond acceptors (Lipinski definition) is 4. The van der Waals surface area contributed by atoms with Gasteiger partial charge in [-0.25, -0.2) is 4.98 Å². The molecule has 0 aliphatic heterocycles. The van der Waals surface area contributed by atoms with Gasteiger partial charge in [0.1, 0.15) is 5.75 Å². The summed E-state index contributed by atoms with van der Waals surface area (Å²) in [6.45, 7) is -0.0172. The molecule has 1 aromatic heterocycles. The Morgan fingerprint density at radius 2 is 2.06 bits per heavy atom. The molecule has 0 atom stereocenters. The maximum absolute atomic E-state index is 9.06. The van der Waals surface area contributed by atoms with Crippen LogP contribution in [0.4, 0.5) is 5.69 Å². The number of pyridine rings is 1. The van der Waals surface area contributed by atoms with Gasteiger partial charge in [0.05, 0.1) is 6.61 Å². The minimum Gasteiger partial charge on any atom is -0.439 e. The highest BCUT2D eigenvalue weighted by Crippen LogP contribution is 2.24. The molecule has 0 aliphatic carbocycles. The summed E-state index contributed by atoms with van der Waals surface area (Å²) in [5.74, 6) is 1.21. The monoisotopic (exact) mass is 244 g/mol. The van der Waals surface area contributed by atoms with Crippen LogP contribution in [-0.2, 0) is 6.61 Å². The quantitative estimate of drug-likeness (QED) is 0.897. The van der Waals surface area contributed by atoms with Crippen molar-refractivity contribution in [1.82, 2.24) is 4.98 Å². The number of rotatable bonds is 4. The van der Waals surface area contributed by atoms with Gasteiger partial charge < -0.3 is 14.7 Å². The SMILES string of the molecule is CN(C)c1cccc(Oc2cc(CO)ccn2)c1. The smallest absolute Gasteiger partial charge is 0.219 e. The molecule has 1 aromatic carbocycles. The molecular weight excluding hydrogens is 228 g/mol. The van der Waals surface area contributed by atoms with Gasteiger partial charge in [0.25, 0.3) is 0 Å². The first-order valence-electron chi connectivity index (χ1n) is 5.70. The second-order valence-electron chi connectivity index (χ2n) is 4.15. The van der Waals surface area contributed by atoms with Crippen molar-refractivity contribution >= 4 is 5.69 Å². The molecule has 0 spiro atoms. The Bertz CT molecular complexity index is 527. The Morgan fingerprint density at radius 3 is 2.78 bits per heavy atom. The van der Waals surface area contributed by atoms with E-state index in [4.69, 9.17) is 9.84 Å². The third kappa shape index (κ3) is 2.99. The van der Waals surface area contributed by atoms with E-state index in [0.717, 1.165) is 17.0 Å². The van der Waals surface area contributed by atoms with E-state index >= 15 is 0 Å². The Balaban J connectivity index is 2.20. The molecule has 4 nitrogen and oxygen atoms in total. The van der Waals surface area contributed by atoms with Crippen molar-refractivity contribution in [3.8, 4) is 11.6 Å². The number of aliphatic hydroxyl groups is 1. The van der Waals surface area contributed by atoms with Gasteiger partial charge in [-0.1, -0.05) is 6.07 Å². The molecule has 0 unspecified atom stereocenters. The van der Waals surface area contributed by atoms with Crippen LogP contribution in [0.5, 0.6) is 11.6 Å². The number of benzene rings is 1. The lowest BCUT2D eigenvalue weighted by molar-refractivity contribution is 0.281. The van der Waals surface area contributed by atoms with E-state index in [9.17, 15) is 0 Å². The lowest BCUT2D eigenvalue weighted by Gasteiger charge is -2.13. The van der Waals surface area contributed by atoms with Crippen LogP contribution in [0.2, 0.25) is 0 Å². The maximum atomic E-state index is 9.06. The minimum absolute atomic E-state index is 0.0172. The Labute approximate surface area is 106 Å². The summed E-state index contributed by atoms with van der Waals surface area (Å²) in [5.41, 5.74) is 1.84. The van der Waals surface area contributed by atoms with Gasteiger partial charge in [-0.05, 0) is 23.8 Å². The number of ether oxygens (including phenoxy) is 1. The lowest BCUT2D eigenvalue weighted by atomic mass is 10.3. The minimum atomic E-state index is -0.0172. The van der Waals surface area contributed by atoms with E-state index in [1.54, 1.807) is 18.3 Å². The second-order valence-corrected chi connectivity index (χ2v) is 4.15. The first kappa shape index (κ1) is 12.4. The molecule has 0 aliphatic rings. The fraction of sp³-hybridized carbons (Fsp3) is 0.214. The van der Waals surface area contributed by atoms with Gasteiger partial charge in [-0.3, -0.25) is 0 Å². The third-order valence-electron chi connectivity index (χ3n) is 2.54. The predicted octanol–water partition coefficient (Wildman–Crippen LogP) is 2.43. The number of nitrogens with zero attached hydrogens (tertiary/aromatic N) is 2. The average molecular weight is 244 g/mol. The standard InChI is InChI=1S/C14H16N2O2/c1-16(2)12-4-3-5-13(9-12)18-14-8-11(10-17)6-7-15-14/h3-9,17H,10H2,1-2H3. The molecule has 0 radical (unpaired) electrons. The predicted molar refractivity (Wildman–Crippen MR) is 71.0 cm³/mol. The summed E-state index contributed by atoms with van der Waals surface area (Å²) in [6, 6.07) is 11.2. The number of hydrogen-bond donors (Lipinski definition) is 1. The molecule has 18 heavy (non-hydrogen) atoms. The molecule has 0 saturated carbocycles. The summed E-state index contributed by atoms with van der Waals surface area (Å²) < 4.78 is 5.66. The zero-order chi connectivity index (χ0) is 13.0. The molecule has 1 heterocycles. The largest absolute Gasteiger partial charge is 0.439 e. The fourth-order valence-electron chi connectivity index (χ4n) is 1.55. The van der Waals surface area contributed by atoms with Crippen molar-refractivity contribution in [3.05, 3.63) is 48.2 Å². The Morgan fingerprint density at radius 1 is 1.22 bits per heavy atom. The van der Waals surface area contributed by atoms with Crippen LogP contribution in [0, 0.1) is 0 Å². The van der Waals surface area contributed by atoms with Crippen LogP contribution in [0.15, 0.2) is 42.6 Å². The van der Waals surface area contributed by atoms with Crippen molar-refractivity contribution in [2.75, 3.05) is 19.0 Å². The van der Waals surface area contributed by atoms with Crippen molar-refractivity contribution < 1.29 is 9.84 Å². The van der Waals surface area contributed by atoms with E-state index in [1.165, 1.54) is 0 Å². The van der Waals surface area contributed by atoms with Gasteiger partial charge in [-0.2, -0.15) is 0 Å². The van der Waals surface area contributed by atoms with Crippen LogP contribution >= 0.6 is 0 Å². The summed E-state index contributed by atoms with van der Waals surface area (Å²) in [4.78, 5) is 6.11. The van der Waals surface area contributed by atoms with E-state index in [2.05, 4.69) is 4.98 Å². The summed E-state index contributed by atoms with van der Waals surface area (Å²) in [5, 5.41) is 9.06. The molecule has 2 aromatic rings.